The second-order valence-electron chi connectivity index (χ2n) is 9.02. The first-order valence-electron chi connectivity index (χ1n) is 11.3. The lowest BCUT2D eigenvalue weighted by molar-refractivity contribution is -0.131. The van der Waals surface area contributed by atoms with E-state index in [2.05, 4.69) is 62.1 Å². The van der Waals surface area contributed by atoms with Gasteiger partial charge < -0.3 is 14.2 Å². The lowest BCUT2D eigenvalue weighted by atomic mass is 10.0. The van der Waals surface area contributed by atoms with Crippen LogP contribution in [0, 0.1) is 11.8 Å². The van der Waals surface area contributed by atoms with Crippen LogP contribution in [0.5, 0.6) is 5.75 Å². The number of hydrogen-bond acceptors (Lipinski definition) is 4. The fourth-order valence-electron chi connectivity index (χ4n) is 4.84. The maximum atomic E-state index is 12.3. The van der Waals surface area contributed by atoms with E-state index in [9.17, 15) is 4.79 Å². The molecule has 158 valence electrons. The third-order valence-corrected chi connectivity index (χ3v) is 6.76. The van der Waals surface area contributed by atoms with Gasteiger partial charge in [-0.3, -0.25) is 4.79 Å². The Morgan fingerprint density at radius 1 is 1.03 bits per heavy atom. The van der Waals surface area contributed by atoms with E-state index in [0.29, 0.717) is 17.7 Å². The molecule has 3 aromatic rings. The molecule has 1 aromatic heterocycles. The lowest BCUT2D eigenvalue weighted by Gasteiger charge is -2.17. The van der Waals surface area contributed by atoms with Gasteiger partial charge in [-0.15, -0.1) is 10.2 Å². The first-order valence-corrected chi connectivity index (χ1v) is 11.3. The Kier molecular flexibility index (Phi) is 4.51. The molecule has 2 fully saturated rings. The van der Waals surface area contributed by atoms with Gasteiger partial charge in [0.2, 0.25) is 5.91 Å². The zero-order chi connectivity index (χ0) is 20.8. The van der Waals surface area contributed by atoms with E-state index in [1.165, 1.54) is 16.7 Å². The third kappa shape index (κ3) is 3.60. The second-order valence-corrected chi connectivity index (χ2v) is 9.02. The van der Waals surface area contributed by atoms with E-state index >= 15 is 0 Å². The molecule has 0 radical (unpaired) electrons. The molecule has 1 amide bonds. The van der Waals surface area contributed by atoms with Crippen molar-refractivity contribution in [1.82, 2.24) is 19.7 Å². The van der Waals surface area contributed by atoms with Crippen LogP contribution in [0.4, 0.5) is 0 Å². The van der Waals surface area contributed by atoms with E-state index < -0.39 is 0 Å². The molecular formula is C25H26N4O2. The highest BCUT2D eigenvalue weighted by molar-refractivity contribution is 5.81. The van der Waals surface area contributed by atoms with E-state index in [0.717, 1.165) is 69.1 Å². The third-order valence-electron chi connectivity index (χ3n) is 6.76. The van der Waals surface area contributed by atoms with Crippen LogP contribution in [-0.4, -0.2) is 45.3 Å². The van der Waals surface area contributed by atoms with Crippen molar-refractivity contribution in [2.45, 2.75) is 32.2 Å². The summed E-state index contributed by atoms with van der Waals surface area (Å²) < 4.78 is 7.76. The zero-order valence-electron chi connectivity index (χ0n) is 17.5. The summed E-state index contributed by atoms with van der Waals surface area (Å²) in [5.41, 5.74) is 4.75. The largest absolute Gasteiger partial charge is 0.493 e. The summed E-state index contributed by atoms with van der Waals surface area (Å²) in [6.45, 7) is 3.37. The van der Waals surface area contributed by atoms with Gasteiger partial charge in [0.15, 0.2) is 5.82 Å². The molecule has 2 aliphatic heterocycles. The number of benzene rings is 2. The fourth-order valence-corrected chi connectivity index (χ4v) is 4.84. The predicted octanol–water partition coefficient (Wildman–Crippen LogP) is 3.81. The highest BCUT2D eigenvalue weighted by Crippen LogP contribution is 2.34. The van der Waals surface area contributed by atoms with Gasteiger partial charge in [0.25, 0.3) is 0 Å². The highest BCUT2D eigenvalue weighted by atomic mass is 16.5. The minimum absolute atomic E-state index is 0.306. The summed E-state index contributed by atoms with van der Waals surface area (Å²) in [6.07, 6.45) is 6.00. The number of hydrogen-bond donors (Lipinski definition) is 0. The van der Waals surface area contributed by atoms with Crippen molar-refractivity contribution < 1.29 is 9.53 Å². The molecule has 0 spiro atoms. The van der Waals surface area contributed by atoms with Crippen LogP contribution in [0.15, 0.2) is 48.8 Å². The first kappa shape index (κ1) is 18.6. The molecule has 1 unspecified atom stereocenters. The minimum atomic E-state index is 0.306. The molecule has 6 heteroatoms. The topological polar surface area (TPSA) is 60.2 Å². The number of carbonyl (C=O) groups excluding carboxylic acids is 1. The van der Waals surface area contributed by atoms with E-state index in [1.54, 1.807) is 0 Å². The van der Waals surface area contributed by atoms with Crippen LogP contribution in [0.1, 0.15) is 24.8 Å². The van der Waals surface area contributed by atoms with Crippen LogP contribution in [-0.2, 0) is 17.8 Å². The number of nitrogens with zero attached hydrogens (tertiary/aromatic N) is 4. The lowest BCUT2D eigenvalue weighted by Crippen LogP contribution is -2.30. The molecule has 6 nitrogen and oxygen atoms in total. The Labute approximate surface area is 181 Å². The maximum Gasteiger partial charge on any atom is 0.225 e. The Hall–Kier alpha value is -3.15. The van der Waals surface area contributed by atoms with Crippen LogP contribution in [0.2, 0.25) is 0 Å². The summed E-state index contributed by atoms with van der Waals surface area (Å²) in [4.78, 5) is 14.4. The fraction of sp³-hybridized carbons (Fsp3) is 0.400. The molecule has 3 aliphatic rings. The van der Waals surface area contributed by atoms with Crippen molar-refractivity contribution in [2.75, 3.05) is 19.7 Å². The van der Waals surface area contributed by atoms with Crippen molar-refractivity contribution in [3.05, 3.63) is 54.4 Å². The van der Waals surface area contributed by atoms with Crippen molar-refractivity contribution in [2.24, 2.45) is 11.8 Å². The smallest absolute Gasteiger partial charge is 0.225 e. The molecule has 3 heterocycles. The van der Waals surface area contributed by atoms with Gasteiger partial charge in [0.05, 0.1) is 6.61 Å². The van der Waals surface area contributed by atoms with Gasteiger partial charge in [0, 0.05) is 37.5 Å². The van der Waals surface area contributed by atoms with E-state index in [-0.39, 0.29) is 0 Å². The Bertz CT molecular complexity index is 1120. The van der Waals surface area contributed by atoms with Crippen molar-refractivity contribution in [3.8, 4) is 28.3 Å². The molecule has 0 N–H and O–H groups in total. The van der Waals surface area contributed by atoms with Crippen LogP contribution in [0.25, 0.3) is 22.5 Å². The Morgan fingerprint density at radius 3 is 2.68 bits per heavy atom. The summed E-state index contributed by atoms with van der Waals surface area (Å²) in [6, 6.07) is 15.0. The summed E-state index contributed by atoms with van der Waals surface area (Å²) in [5.74, 6) is 3.03. The van der Waals surface area contributed by atoms with Crippen molar-refractivity contribution in [1.29, 1.82) is 0 Å². The predicted molar refractivity (Wildman–Crippen MR) is 118 cm³/mol. The molecule has 2 aromatic carbocycles. The average molecular weight is 415 g/mol. The van der Waals surface area contributed by atoms with Gasteiger partial charge in [-0.05, 0) is 54.0 Å². The van der Waals surface area contributed by atoms with Crippen molar-refractivity contribution >= 4 is 5.91 Å². The Balaban J connectivity index is 1.17. The van der Waals surface area contributed by atoms with Crippen LogP contribution >= 0.6 is 0 Å². The number of likely N-dealkylation sites (tertiary alicyclic amines) is 1. The maximum absolute atomic E-state index is 12.3. The minimum Gasteiger partial charge on any atom is -0.493 e. The molecule has 1 saturated heterocycles. The normalized spacial score (nSPS) is 20.0. The molecule has 1 aliphatic carbocycles. The molecule has 1 atom stereocenters. The number of amides is 1. The number of rotatable bonds is 5. The number of fused-ring (bicyclic) bond motifs is 1. The number of ether oxygens (including phenoxy) is 1. The summed E-state index contributed by atoms with van der Waals surface area (Å²) >= 11 is 0. The van der Waals surface area contributed by atoms with Gasteiger partial charge in [-0.1, -0.05) is 30.3 Å². The first-order chi connectivity index (χ1) is 15.2. The molecule has 6 rings (SSSR count). The summed E-state index contributed by atoms with van der Waals surface area (Å²) in [7, 11) is 0. The van der Waals surface area contributed by atoms with Crippen LogP contribution in [0.3, 0.4) is 0 Å². The van der Waals surface area contributed by atoms with Gasteiger partial charge >= 0.3 is 0 Å². The average Bonchev–Trinajstić information content (AvgIpc) is 3.17. The second kappa shape index (κ2) is 7.52. The standard InChI is InChI=1S/C25H26N4O2/c30-25(20-5-6-20)28-11-9-17(14-28)15-29-16-26-27-24(29)19-3-1-18(2-4-19)21-7-8-23-22(13-21)10-12-31-23/h1-4,7-8,13,16-17,20H,5-6,9-12,14-15H2. The Morgan fingerprint density at radius 2 is 1.84 bits per heavy atom. The number of aromatic nitrogens is 3. The zero-order valence-corrected chi connectivity index (χ0v) is 17.5. The van der Waals surface area contributed by atoms with E-state index in [4.69, 9.17) is 4.74 Å². The van der Waals surface area contributed by atoms with Crippen LogP contribution < -0.4 is 4.74 Å². The number of carbonyl (C=O) groups is 1. The molecule has 1 saturated carbocycles. The van der Waals surface area contributed by atoms with Crippen molar-refractivity contribution in [3.63, 3.8) is 0 Å². The molecule has 31 heavy (non-hydrogen) atoms. The molecule has 0 bridgehead atoms. The monoisotopic (exact) mass is 414 g/mol. The van der Waals surface area contributed by atoms with Gasteiger partial charge in [-0.25, -0.2) is 0 Å². The van der Waals surface area contributed by atoms with Gasteiger partial charge in [-0.2, -0.15) is 0 Å². The summed E-state index contributed by atoms with van der Waals surface area (Å²) in [5, 5.41) is 8.56. The SMILES string of the molecule is O=C(C1CC1)N1CCC(Cn2cnnc2-c2ccc(-c3ccc4c(c3)CCO4)cc2)C1. The van der Waals surface area contributed by atoms with E-state index in [1.807, 2.05) is 6.33 Å². The quantitative estimate of drug-likeness (QED) is 0.637. The highest BCUT2D eigenvalue weighted by Gasteiger charge is 2.36. The van der Waals surface area contributed by atoms with Gasteiger partial charge in [0.1, 0.15) is 12.1 Å². The molecular weight excluding hydrogens is 388 g/mol.